The number of aromatic nitrogens is 2. The van der Waals surface area contributed by atoms with Crippen LogP contribution in [0.4, 0.5) is 0 Å². The fraction of sp³-hybridized carbons (Fsp3) is 0.200. The van der Waals surface area contributed by atoms with Crippen LogP contribution in [0.3, 0.4) is 0 Å². The summed E-state index contributed by atoms with van der Waals surface area (Å²) in [6, 6.07) is 6.18. The largest absolute Gasteiger partial charge is 0.227 e. The van der Waals surface area contributed by atoms with E-state index in [1.165, 1.54) is 5.56 Å². The molecule has 0 unspecified atom stereocenters. The number of benzene rings is 1. The van der Waals surface area contributed by atoms with Gasteiger partial charge in [0.05, 0.1) is 5.52 Å². The van der Waals surface area contributed by atoms with Gasteiger partial charge in [0, 0.05) is 11.1 Å². The van der Waals surface area contributed by atoms with Crippen LogP contribution in [-0.2, 0) is 0 Å². The second kappa shape index (κ2) is 3.07. The van der Waals surface area contributed by atoms with E-state index in [-0.39, 0.29) is 0 Å². The highest BCUT2D eigenvalue weighted by Gasteiger charge is 2.01. The molecule has 3 heteroatoms. The third-order valence-corrected chi connectivity index (χ3v) is 2.37. The van der Waals surface area contributed by atoms with Crippen molar-refractivity contribution in [2.24, 2.45) is 0 Å². The van der Waals surface area contributed by atoms with E-state index in [0.717, 1.165) is 16.6 Å². The van der Waals surface area contributed by atoms with Gasteiger partial charge in [-0.1, -0.05) is 11.6 Å². The van der Waals surface area contributed by atoms with Crippen LogP contribution in [-0.4, -0.2) is 9.97 Å². The van der Waals surface area contributed by atoms with Crippen molar-refractivity contribution in [1.82, 2.24) is 9.97 Å². The molecule has 1 aromatic carbocycles. The SMILES string of the molecule is Cc1ccc2nc(Br)nc(C)c2c1. The summed E-state index contributed by atoms with van der Waals surface area (Å²) >= 11 is 3.28. The van der Waals surface area contributed by atoms with Gasteiger partial charge in [-0.05, 0) is 41.9 Å². The van der Waals surface area contributed by atoms with Crippen LogP contribution < -0.4 is 0 Å². The minimum absolute atomic E-state index is 0.654. The van der Waals surface area contributed by atoms with Gasteiger partial charge in [0.15, 0.2) is 4.73 Å². The molecule has 0 fully saturated rings. The molecule has 0 radical (unpaired) electrons. The molecule has 2 nitrogen and oxygen atoms in total. The van der Waals surface area contributed by atoms with Gasteiger partial charge >= 0.3 is 0 Å². The Labute approximate surface area is 85.1 Å². The van der Waals surface area contributed by atoms with Crippen LogP contribution in [0.5, 0.6) is 0 Å². The van der Waals surface area contributed by atoms with E-state index in [1.807, 2.05) is 13.0 Å². The molecule has 66 valence electrons. The number of rotatable bonds is 0. The van der Waals surface area contributed by atoms with Gasteiger partial charge in [0.25, 0.3) is 0 Å². The first kappa shape index (κ1) is 8.63. The van der Waals surface area contributed by atoms with E-state index in [4.69, 9.17) is 0 Å². The van der Waals surface area contributed by atoms with Gasteiger partial charge in [-0.25, -0.2) is 9.97 Å². The van der Waals surface area contributed by atoms with Gasteiger partial charge in [0.2, 0.25) is 0 Å². The molecule has 2 aromatic rings. The molecule has 0 saturated heterocycles. The van der Waals surface area contributed by atoms with E-state index in [2.05, 4.69) is 45.0 Å². The molecule has 0 spiro atoms. The fourth-order valence-electron chi connectivity index (χ4n) is 1.36. The van der Waals surface area contributed by atoms with Crippen molar-refractivity contribution in [3.8, 4) is 0 Å². The molecule has 0 amide bonds. The molecule has 0 saturated carbocycles. The smallest absolute Gasteiger partial charge is 0.197 e. The Bertz CT molecular complexity index is 466. The van der Waals surface area contributed by atoms with E-state index in [1.54, 1.807) is 0 Å². The summed E-state index contributed by atoms with van der Waals surface area (Å²) in [5.74, 6) is 0. The van der Waals surface area contributed by atoms with Gasteiger partial charge in [-0.15, -0.1) is 0 Å². The standard InChI is InChI=1S/C10H9BrN2/c1-6-3-4-9-8(5-6)7(2)12-10(11)13-9/h3-5H,1-2H3. The van der Waals surface area contributed by atoms with E-state index in [0.29, 0.717) is 4.73 Å². The monoisotopic (exact) mass is 236 g/mol. The van der Waals surface area contributed by atoms with Crippen molar-refractivity contribution in [2.75, 3.05) is 0 Å². The fourth-order valence-corrected chi connectivity index (χ4v) is 1.82. The Kier molecular flexibility index (Phi) is 2.04. The lowest BCUT2D eigenvalue weighted by Gasteiger charge is -2.02. The highest BCUT2D eigenvalue weighted by atomic mass is 79.9. The van der Waals surface area contributed by atoms with Crippen molar-refractivity contribution < 1.29 is 0 Å². The summed E-state index contributed by atoms with van der Waals surface area (Å²) in [7, 11) is 0. The van der Waals surface area contributed by atoms with Crippen LogP contribution in [0.2, 0.25) is 0 Å². The number of halogens is 1. The Morgan fingerprint density at radius 3 is 2.69 bits per heavy atom. The molecule has 0 N–H and O–H groups in total. The van der Waals surface area contributed by atoms with Crippen molar-refractivity contribution >= 4 is 26.8 Å². The zero-order chi connectivity index (χ0) is 9.42. The zero-order valence-corrected chi connectivity index (χ0v) is 9.09. The van der Waals surface area contributed by atoms with Crippen molar-refractivity contribution in [1.29, 1.82) is 0 Å². The summed E-state index contributed by atoms with van der Waals surface area (Å²) in [5, 5.41) is 1.13. The number of hydrogen-bond donors (Lipinski definition) is 0. The third kappa shape index (κ3) is 1.56. The second-order valence-electron chi connectivity index (χ2n) is 3.10. The van der Waals surface area contributed by atoms with Crippen LogP contribution in [0.1, 0.15) is 11.3 Å². The average Bonchev–Trinajstić information content (AvgIpc) is 2.06. The summed E-state index contributed by atoms with van der Waals surface area (Å²) in [6.07, 6.45) is 0. The zero-order valence-electron chi connectivity index (χ0n) is 7.50. The molecule has 0 aliphatic heterocycles. The van der Waals surface area contributed by atoms with Crippen LogP contribution in [0.15, 0.2) is 22.9 Å². The minimum Gasteiger partial charge on any atom is -0.227 e. The number of fused-ring (bicyclic) bond motifs is 1. The Hall–Kier alpha value is -0.960. The Morgan fingerprint density at radius 2 is 1.92 bits per heavy atom. The van der Waals surface area contributed by atoms with Gasteiger partial charge in [-0.3, -0.25) is 0 Å². The second-order valence-corrected chi connectivity index (χ2v) is 3.81. The highest BCUT2D eigenvalue weighted by molar-refractivity contribution is 9.10. The van der Waals surface area contributed by atoms with Crippen LogP contribution in [0.25, 0.3) is 10.9 Å². The molecule has 13 heavy (non-hydrogen) atoms. The van der Waals surface area contributed by atoms with E-state index >= 15 is 0 Å². The Balaban J connectivity index is 2.87. The minimum atomic E-state index is 0.654. The molecule has 0 aliphatic carbocycles. The van der Waals surface area contributed by atoms with E-state index in [9.17, 15) is 0 Å². The lowest BCUT2D eigenvalue weighted by molar-refractivity contribution is 1.10. The summed E-state index contributed by atoms with van der Waals surface area (Å²) in [6.45, 7) is 4.06. The first-order chi connectivity index (χ1) is 6.16. The van der Waals surface area contributed by atoms with Gasteiger partial charge < -0.3 is 0 Å². The molecular formula is C10H9BrN2. The normalized spacial score (nSPS) is 10.7. The Morgan fingerprint density at radius 1 is 1.15 bits per heavy atom. The predicted molar refractivity (Wildman–Crippen MR) is 56.7 cm³/mol. The number of aryl methyl sites for hydroxylation is 2. The highest BCUT2D eigenvalue weighted by Crippen LogP contribution is 2.18. The summed E-state index contributed by atoms with van der Waals surface area (Å²) in [5.41, 5.74) is 3.24. The van der Waals surface area contributed by atoms with Crippen molar-refractivity contribution in [2.45, 2.75) is 13.8 Å². The topological polar surface area (TPSA) is 25.8 Å². The van der Waals surface area contributed by atoms with Crippen molar-refractivity contribution in [3.63, 3.8) is 0 Å². The molecule has 1 heterocycles. The quantitative estimate of drug-likeness (QED) is 0.658. The van der Waals surface area contributed by atoms with E-state index < -0.39 is 0 Å². The first-order valence-electron chi connectivity index (χ1n) is 4.07. The molecule has 0 atom stereocenters. The maximum Gasteiger partial charge on any atom is 0.197 e. The first-order valence-corrected chi connectivity index (χ1v) is 4.86. The lowest BCUT2D eigenvalue weighted by atomic mass is 10.1. The maximum absolute atomic E-state index is 4.28. The van der Waals surface area contributed by atoms with Crippen molar-refractivity contribution in [3.05, 3.63) is 34.2 Å². The maximum atomic E-state index is 4.28. The molecular weight excluding hydrogens is 228 g/mol. The number of nitrogens with zero attached hydrogens (tertiary/aromatic N) is 2. The molecule has 0 aliphatic rings. The lowest BCUT2D eigenvalue weighted by Crippen LogP contribution is -1.90. The van der Waals surface area contributed by atoms with Gasteiger partial charge in [0.1, 0.15) is 0 Å². The van der Waals surface area contributed by atoms with Gasteiger partial charge in [-0.2, -0.15) is 0 Å². The molecule has 1 aromatic heterocycles. The molecule has 2 rings (SSSR count). The molecule has 0 bridgehead atoms. The van der Waals surface area contributed by atoms with Crippen LogP contribution >= 0.6 is 15.9 Å². The predicted octanol–water partition coefficient (Wildman–Crippen LogP) is 3.01. The summed E-state index contributed by atoms with van der Waals surface area (Å²) in [4.78, 5) is 8.53. The summed E-state index contributed by atoms with van der Waals surface area (Å²) < 4.78 is 0.654. The average molecular weight is 237 g/mol. The van der Waals surface area contributed by atoms with Crippen LogP contribution in [0, 0.1) is 13.8 Å². The number of hydrogen-bond acceptors (Lipinski definition) is 2. The third-order valence-electron chi connectivity index (χ3n) is 2.01.